The topological polar surface area (TPSA) is 72.2 Å². The van der Waals surface area contributed by atoms with Crippen LogP contribution in [0.3, 0.4) is 0 Å². The van der Waals surface area contributed by atoms with Crippen LogP contribution >= 0.6 is 0 Å². The molecule has 0 aliphatic rings. The van der Waals surface area contributed by atoms with Crippen LogP contribution in [0.1, 0.15) is 34.8 Å². The number of esters is 1. The molecule has 0 atom stereocenters. The number of pyridine rings is 1. The van der Waals surface area contributed by atoms with E-state index >= 15 is 0 Å². The van der Waals surface area contributed by atoms with Crippen molar-refractivity contribution in [2.24, 2.45) is 0 Å². The Bertz CT molecular complexity index is 498. The molecule has 5 nitrogen and oxygen atoms in total. The van der Waals surface area contributed by atoms with E-state index in [-0.39, 0.29) is 18.1 Å². The number of ether oxygens (including phenoxy) is 2. The van der Waals surface area contributed by atoms with E-state index < -0.39 is 23.5 Å². The Hall–Kier alpha value is -2.23. The van der Waals surface area contributed by atoms with Crippen molar-refractivity contribution in [3.8, 4) is 11.9 Å². The molecule has 0 aromatic carbocycles. The van der Waals surface area contributed by atoms with Gasteiger partial charge in [-0.2, -0.15) is 5.26 Å². The van der Waals surface area contributed by atoms with Crippen LogP contribution in [0.5, 0.6) is 5.88 Å². The van der Waals surface area contributed by atoms with Crippen molar-refractivity contribution < 1.29 is 23.0 Å². The van der Waals surface area contributed by atoms with E-state index in [1.165, 1.54) is 7.11 Å². The van der Waals surface area contributed by atoms with Gasteiger partial charge in [0.25, 0.3) is 6.43 Å². The molecular weight excluding hydrogens is 246 g/mol. The van der Waals surface area contributed by atoms with Crippen molar-refractivity contribution in [2.75, 3.05) is 13.7 Å². The quantitative estimate of drug-likeness (QED) is 0.771. The summed E-state index contributed by atoms with van der Waals surface area (Å²) in [5, 5.41) is 8.91. The monoisotopic (exact) mass is 256 g/mol. The second kappa shape index (κ2) is 5.91. The molecule has 0 saturated heterocycles. The number of aromatic nitrogens is 1. The van der Waals surface area contributed by atoms with Crippen molar-refractivity contribution in [2.45, 2.75) is 13.3 Å². The standard InChI is InChI=1S/C11H10F2N2O3/c1-3-18-11(16)8-6(4-14)7(9(12)13)5-15-10(8)17-2/h5,9H,3H2,1-2H3. The highest BCUT2D eigenvalue weighted by Gasteiger charge is 2.26. The van der Waals surface area contributed by atoms with E-state index in [0.29, 0.717) is 0 Å². The first-order chi connectivity index (χ1) is 8.56. The van der Waals surface area contributed by atoms with Crippen molar-refractivity contribution in [1.82, 2.24) is 4.98 Å². The largest absolute Gasteiger partial charge is 0.480 e. The zero-order valence-corrected chi connectivity index (χ0v) is 9.74. The fraction of sp³-hybridized carbons (Fsp3) is 0.364. The van der Waals surface area contributed by atoms with Crippen molar-refractivity contribution in [1.29, 1.82) is 5.26 Å². The van der Waals surface area contributed by atoms with Crippen molar-refractivity contribution in [3.05, 3.63) is 22.9 Å². The molecule has 0 unspecified atom stereocenters. The highest BCUT2D eigenvalue weighted by molar-refractivity contribution is 5.95. The third kappa shape index (κ3) is 2.53. The SMILES string of the molecule is CCOC(=O)c1c(OC)ncc(C(F)F)c1C#N. The van der Waals surface area contributed by atoms with E-state index in [9.17, 15) is 13.6 Å². The van der Waals surface area contributed by atoms with E-state index in [4.69, 9.17) is 14.7 Å². The number of alkyl halides is 2. The maximum Gasteiger partial charge on any atom is 0.345 e. The minimum absolute atomic E-state index is 0.0474. The lowest BCUT2D eigenvalue weighted by Gasteiger charge is -2.11. The fourth-order valence-corrected chi connectivity index (χ4v) is 1.34. The van der Waals surface area contributed by atoms with Gasteiger partial charge in [0.2, 0.25) is 5.88 Å². The normalized spacial score (nSPS) is 10.0. The minimum atomic E-state index is -2.91. The first-order valence-corrected chi connectivity index (χ1v) is 4.99. The zero-order chi connectivity index (χ0) is 13.7. The third-order valence-electron chi connectivity index (χ3n) is 2.09. The summed E-state index contributed by atoms with van der Waals surface area (Å²) in [6.07, 6.45) is -2.10. The molecule has 7 heteroatoms. The number of carbonyl (C=O) groups is 1. The number of nitrogens with zero attached hydrogens (tertiary/aromatic N) is 2. The summed E-state index contributed by atoms with van der Waals surface area (Å²) in [5.41, 5.74) is -1.48. The van der Waals surface area contributed by atoms with Crippen LogP contribution in [-0.2, 0) is 4.74 Å². The number of nitriles is 1. The van der Waals surface area contributed by atoms with Crippen LogP contribution in [0.4, 0.5) is 8.78 Å². The molecule has 0 amide bonds. The maximum absolute atomic E-state index is 12.7. The first-order valence-electron chi connectivity index (χ1n) is 4.99. The van der Waals surface area contributed by atoms with Crippen molar-refractivity contribution >= 4 is 5.97 Å². The Morgan fingerprint density at radius 2 is 2.28 bits per heavy atom. The molecule has 0 saturated carbocycles. The predicted molar refractivity (Wildman–Crippen MR) is 56.4 cm³/mol. The molecular formula is C11H10F2N2O3. The molecule has 96 valence electrons. The lowest BCUT2D eigenvalue weighted by atomic mass is 10.1. The van der Waals surface area contributed by atoms with Gasteiger partial charge in [-0.1, -0.05) is 0 Å². The predicted octanol–water partition coefficient (Wildman–Crippen LogP) is 2.08. The van der Waals surface area contributed by atoms with Gasteiger partial charge in [-0.25, -0.2) is 18.6 Å². The smallest absolute Gasteiger partial charge is 0.345 e. The minimum Gasteiger partial charge on any atom is -0.480 e. The van der Waals surface area contributed by atoms with Crippen LogP contribution < -0.4 is 4.74 Å². The molecule has 1 aromatic heterocycles. The summed E-state index contributed by atoms with van der Waals surface area (Å²) in [5.74, 6) is -1.13. The number of rotatable bonds is 4. The molecule has 18 heavy (non-hydrogen) atoms. The number of carbonyl (C=O) groups excluding carboxylic acids is 1. The molecule has 1 rings (SSSR count). The summed E-state index contributed by atoms with van der Waals surface area (Å²) in [4.78, 5) is 15.2. The van der Waals surface area contributed by atoms with Gasteiger partial charge in [-0.15, -0.1) is 0 Å². The van der Waals surface area contributed by atoms with Gasteiger partial charge < -0.3 is 9.47 Å². The Labute approximate surface area is 102 Å². The third-order valence-corrected chi connectivity index (χ3v) is 2.09. The van der Waals surface area contributed by atoms with Gasteiger partial charge >= 0.3 is 5.97 Å². The van der Waals surface area contributed by atoms with Gasteiger partial charge in [0.1, 0.15) is 11.6 Å². The fourth-order valence-electron chi connectivity index (χ4n) is 1.34. The van der Waals surface area contributed by atoms with Crippen LogP contribution in [0.2, 0.25) is 0 Å². The maximum atomic E-state index is 12.7. The summed E-state index contributed by atoms with van der Waals surface area (Å²) in [6, 6.07) is 1.56. The zero-order valence-electron chi connectivity index (χ0n) is 9.74. The molecule has 0 aliphatic carbocycles. The highest BCUT2D eigenvalue weighted by atomic mass is 19.3. The van der Waals surface area contributed by atoms with Crippen LogP contribution in [0.25, 0.3) is 0 Å². The Morgan fingerprint density at radius 1 is 1.61 bits per heavy atom. The Kier molecular flexibility index (Phi) is 4.54. The Balaban J connectivity index is 3.48. The van der Waals surface area contributed by atoms with Gasteiger partial charge in [0, 0.05) is 6.20 Å². The number of hydrogen-bond donors (Lipinski definition) is 0. The van der Waals surface area contributed by atoms with E-state index in [0.717, 1.165) is 6.20 Å². The molecule has 1 aromatic rings. The molecule has 0 N–H and O–H groups in total. The van der Waals surface area contributed by atoms with Crippen LogP contribution in [-0.4, -0.2) is 24.7 Å². The molecule has 0 aliphatic heterocycles. The number of halogens is 2. The summed E-state index contributed by atoms with van der Waals surface area (Å²) < 4.78 is 34.9. The van der Waals surface area contributed by atoms with Gasteiger partial charge in [0.15, 0.2) is 0 Å². The van der Waals surface area contributed by atoms with Gasteiger partial charge in [0.05, 0.1) is 24.8 Å². The van der Waals surface area contributed by atoms with Gasteiger partial charge in [-0.3, -0.25) is 0 Å². The second-order valence-electron chi connectivity index (χ2n) is 3.11. The molecule has 0 spiro atoms. The Morgan fingerprint density at radius 3 is 2.72 bits per heavy atom. The van der Waals surface area contributed by atoms with Crippen LogP contribution in [0, 0.1) is 11.3 Å². The molecule has 0 fully saturated rings. The molecule has 0 radical (unpaired) electrons. The summed E-state index contributed by atoms with van der Waals surface area (Å²) in [6.45, 7) is 1.60. The summed E-state index contributed by atoms with van der Waals surface area (Å²) in [7, 11) is 1.22. The highest BCUT2D eigenvalue weighted by Crippen LogP contribution is 2.29. The van der Waals surface area contributed by atoms with E-state index in [1.54, 1.807) is 13.0 Å². The van der Waals surface area contributed by atoms with E-state index in [1.807, 2.05) is 0 Å². The molecule has 0 bridgehead atoms. The lowest BCUT2D eigenvalue weighted by molar-refractivity contribution is 0.0520. The van der Waals surface area contributed by atoms with E-state index in [2.05, 4.69) is 4.98 Å². The molecule has 1 heterocycles. The second-order valence-corrected chi connectivity index (χ2v) is 3.11. The van der Waals surface area contributed by atoms with Gasteiger partial charge in [-0.05, 0) is 6.92 Å². The lowest BCUT2D eigenvalue weighted by Crippen LogP contribution is -2.12. The average Bonchev–Trinajstić information content (AvgIpc) is 2.36. The first kappa shape index (κ1) is 13.8. The summed E-state index contributed by atoms with van der Waals surface area (Å²) >= 11 is 0. The number of hydrogen-bond acceptors (Lipinski definition) is 5. The van der Waals surface area contributed by atoms with Crippen molar-refractivity contribution in [3.63, 3.8) is 0 Å². The van der Waals surface area contributed by atoms with Crippen LogP contribution in [0.15, 0.2) is 6.20 Å². The number of methoxy groups -OCH3 is 1. The average molecular weight is 256 g/mol.